The first kappa shape index (κ1) is 33.5. The number of nitrogens with zero attached hydrogens (tertiary/aromatic N) is 4. The van der Waals surface area contributed by atoms with Crippen molar-refractivity contribution in [2.24, 2.45) is 5.92 Å². The maximum Gasteiger partial charge on any atom is 0.459 e. The summed E-state index contributed by atoms with van der Waals surface area (Å²) in [6.45, 7) is 4.99. The molecule has 0 radical (unpaired) electrons. The Morgan fingerprint density at radius 2 is 2.00 bits per heavy atom. The molecule has 1 aliphatic rings. The number of benzene rings is 1. The number of para-hydroxylation sites is 1. The zero-order valence-corrected chi connectivity index (χ0v) is 25.6. The molecular formula is C29H37FN5O8P. The van der Waals surface area contributed by atoms with E-state index in [1.807, 2.05) is 13.8 Å². The molecule has 1 saturated heterocycles. The van der Waals surface area contributed by atoms with Crippen molar-refractivity contribution in [3.8, 4) is 11.8 Å². The van der Waals surface area contributed by atoms with Gasteiger partial charge in [-0.05, 0) is 49.9 Å². The average Bonchev–Trinajstić information content (AvgIpc) is 3.39. The Hall–Kier alpha value is -3.44. The Kier molecular flexibility index (Phi) is 11.1. The van der Waals surface area contributed by atoms with Gasteiger partial charge in [0.2, 0.25) is 0 Å². The van der Waals surface area contributed by atoms with Crippen LogP contribution in [0.25, 0.3) is 5.52 Å². The number of rotatable bonds is 13. The molecule has 1 unspecified atom stereocenters. The highest BCUT2D eigenvalue weighted by molar-refractivity contribution is 7.52. The molecule has 1 aliphatic heterocycles. The number of carbonyl (C=O) groups excluding carboxylic acids is 1. The van der Waals surface area contributed by atoms with Gasteiger partial charge in [-0.25, -0.2) is 14.1 Å². The van der Waals surface area contributed by atoms with Crippen molar-refractivity contribution in [1.29, 1.82) is 5.26 Å². The first-order chi connectivity index (χ1) is 21.0. The van der Waals surface area contributed by atoms with Gasteiger partial charge in [-0.3, -0.25) is 9.32 Å². The molecule has 4 rings (SSSR count). The second-order valence-electron chi connectivity index (χ2n) is 10.6. The molecule has 0 saturated carbocycles. The summed E-state index contributed by atoms with van der Waals surface area (Å²) in [5, 5.41) is 38.3. The number of esters is 1. The van der Waals surface area contributed by atoms with Crippen molar-refractivity contribution < 1.29 is 42.5 Å². The predicted octanol–water partition coefficient (Wildman–Crippen LogP) is 3.65. The van der Waals surface area contributed by atoms with Gasteiger partial charge in [0.1, 0.15) is 30.1 Å². The van der Waals surface area contributed by atoms with Crippen molar-refractivity contribution in [3.05, 3.63) is 60.4 Å². The third-order valence-corrected chi connectivity index (χ3v) is 9.23. The number of hydrogen-bond acceptors (Lipinski definition) is 11. The molecule has 6 atom stereocenters. The molecule has 238 valence electrons. The van der Waals surface area contributed by atoms with Crippen LogP contribution in [0, 0.1) is 23.3 Å². The standard InChI is InChI=1S/C29H37FN5O8P/c1-4-20(5-2)16-40-27(38)19(3)34-44(39,43-22-9-7-6-8-10-22)41-17-24-26(37)23(36)13-14-29(18-31,42-24)25-12-11-21-15-32-28(30)33-35(21)25/h6-12,15,19-20,23-24,26,36-37H,4-5,13-14,16-17H2,1-3H3,(H,34,39)/t19-,23?,24+,26-,29-,44-/m0/s1. The van der Waals surface area contributed by atoms with Gasteiger partial charge < -0.3 is 24.2 Å². The highest BCUT2D eigenvalue weighted by Crippen LogP contribution is 2.46. The van der Waals surface area contributed by atoms with Crippen molar-refractivity contribution in [3.63, 3.8) is 0 Å². The second-order valence-corrected chi connectivity index (χ2v) is 12.3. The van der Waals surface area contributed by atoms with E-state index in [0.717, 1.165) is 17.4 Å². The van der Waals surface area contributed by atoms with Crippen LogP contribution in [0.15, 0.2) is 48.7 Å². The molecule has 0 amide bonds. The van der Waals surface area contributed by atoms with E-state index in [1.165, 1.54) is 31.3 Å². The third-order valence-electron chi connectivity index (χ3n) is 7.58. The van der Waals surface area contributed by atoms with Crippen LogP contribution in [0.5, 0.6) is 5.75 Å². The summed E-state index contributed by atoms with van der Waals surface area (Å²) in [5.41, 5.74) is -1.30. The topological polar surface area (TPSA) is 178 Å². The van der Waals surface area contributed by atoms with Gasteiger partial charge in [0.25, 0.3) is 0 Å². The van der Waals surface area contributed by atoms with E-state index in [-0.39, 0.29) is 36.8 Å². The van der Waals surface area contributed by atoms with Crippen LogP contribution < -0.4 is 9.61 Å². The molecule has 0 spiro atoms. The first-order valence-electron chi connectivity index (χ1n) is 14.4. The lowest BCUT2D eigenvalue weighted by atomic mass is 9.94. The molecule has 1 fully saturated rings. The number of ether oxygens (including phenoxy) is 2. The minimum Gasteiger partial charge on any atom is -0.464 e. The SMILES string of the molecule is CCC(CC)COC(=O)[C@H](C)N[P@](=O)(OC[C@H]1O[C@@](C#N)(c2ccc3cnc(F)nn23)CCC(O)[C@@H]1O)Oc1ccccc1. The molecule has 3 aromatic rings. The molecule has 0 aliphatic carbocycles. The van der Waals surface area contributed by atoms with Crippen molar-refractivity contribution in [2.75, 3.05) is 13.2 Å². The first-order valence-corrected chi connectivity index (χ1v) is 16.0. The normalized spacial score (nSPS) is 24.3. The van der Waals surface area contributed by atoms with Gasteiger partial charge in [-0.2, -0.15) is 14.7 Å². The van der Waals surface area contributed by atoms with Crippen LogP contribution in [0.2, 0.25) is 0 Å². The Labute approximate surface area is 254 Å². The largest absolute Gasteiger partial charge is 0.464 e. The minimum absolute atomic E-state index is 0.0676. The van der Waals surface area contributed by atoms with Crippen LogP contribution >= 0.6 is 7.75 Å². The Morgan fingerprint density at radius 3 is 2.68 bits per heavy atom. The van der Waals surface area contributed by atoms with Gasteiger partial charge in [0, 0.05) is 0 Å². The lowest BCUT2D eigenvalue weighted by Gasteiger charge is -2.31. The fourth-order valence-electron chi connectivity index (χ4n) is 4.83. The van der Waals surface area contributed by atoms with E-state index in [4.69, 9.17) is 18.5 Å². The Balaban J connectivity index is 1.58. The minimum atomic E-state index is -4.38. The Morgan fingerprint density at radius 1 is 1.27 bits per heavy atom. The molecule has 0 bridgehead atoms. The van der Waals surface area contributed by atoms with Gasteiger partial charge in [-0.1, -0.05) is 44.9 Å². The summed E-state index contributed by atoms with van der Waals surface area (Å²) in [6, 6.07) is 12.1. The van der Waals surface area contributed by atoms with E-state index >= 15 is 0 Å². The van der Waals surface area contributed by atoms with Crippen molar-refractivity contribution >= 4 is 19.2 Å². The maximum atomic E-state index is 14.0. The molecule has 13 nitrogen and oxygen atoms in total. The van der Waals surface area contributed by atoms with E-state index in [0.29, 0.717) is 5.52 Å². The maximum absolute atomic E-state index is 14.0. The van der Waals surface area contributed by atoms with Crippen LogP contribution in [-0.4, -0.2) is 68.3 Å². The van der Waals surface area contributed by atoms with Crippen LogP contribution in [0.4, 0.5) is 4.39 Å². The van der Waals surface area contributed by atoms with Crippen molar-refractivity contribution in [1.82, 2.24) is 19.7 Å². The van der Waals surface area contributed by atoms with Gasteiger partial charge in [0.05, 0.1) is 36.7 Å². The fourth-order valence-corrected chi connectivity index (χ4v) is 6.33. The molecule has 2 aromatic heterocycles. The predicted molar refractivity (Wildman–Crippen MR) is 155 cm³/mol. The summed E-state index contributed by atoms with van der Waals surface area (Å²) in [4.78, 5) is 16.3. The number of nitriles is 1. The fraction of sp³-hybridized carbons (Fsp3) is 0.517. The summed E-state index contributed by atoms with van der Waals surface area (Å²) < 4.78 is 52.1. The highest BCUT2D eigenvalue weighted by Gasteiger charge is 2.47. The van der Waals surface area contributed by atoms with E-state index in [2.05, 4.69) is 21.2 Å². The molecule has 3 heterocycles. The quantitative estimate of drug-likeness (QED) is 0.184. The van der Waals surface area contributed by atoms with E-state index in [1.54, 1.807) is 24.3 Å². The number of aliphatic hydroxyl groups is 2. The van der Waals surface area contributed by atoms with Gasteiger partial charge in [-0.15, -0.1) is 5.10 Å². The summed E-state index contributed by atoms with van der Waals surface area (Å²) in [5.74, 6) is -0.330. The lowest BCUT2D eigenvalue weighted by Crippen LogP contribution is -2.44. The summed E-state index contributed by atoms with van der Waals surface area (Å²) >= 11 is 0. The average molecular weight is 634 g/mol. The summed E-state index contributed by atoms with van der Waals surface area (Å²) in [7, 11) is -4.38. The molecule has 1 aromatic carbocycles. The number of halogens is 1. The number of fused-ring (bicyclic) bond motifs is 1. The van der Waals surface area contributed by atoms with Crippen LogP contribution in [0.1, 0.15) is 52.1 Å². The summed E-state index contributed by atoms with van der Waals surface area (Å²) in [6.07, 6.45) is -2.65. The zero-order valence-electron chi connectivity index (χ0n) is 24.7. The molecule has 44 heavy (non-hydrogen) atoms. The number of aliphatic hydroxyl groups excluding tert-OH is 2. The molecular weight excluding hydrogens is 596 g/mol. The van der Waals surface area contributed by atoms with Crippen LogP contribution in [-0.2, 0) is 29.0 Å². The Bertz CT molecular complexity index is 1500. The number of carbonyl (C=O) groups is 1. The number of hydrogen-bond donors (Lipinski definition) is 3. The zero-order chi connectivity index (χ0) is 31.9. The van der Waals surface area contributed by atoms with E-state index < -0.39 is 56.4 Å². The lowest BCUT2D eigenvalue weighted by molar-refractivity contribution is -0.146. The van der Waals surface area contributed by atoms with E-state index in [9.17, 15) is 29.2 Å². The van der Waals surface area contributed by atoms with Gasteiger partial charge in [0.15, 0.2) is 5.60 Å². The highest BCUT2D eigenvalue weighted by atomic mass is 31.2. The number of nitrogens with one attached hydrogen (secondary N) is 1. The second kappa shape index (κ2) is 14.6. The van der Waals surface area contributed by atoms with Crippen molar-refractivity contribution in [2.45, 2.75) is 76.4 Å². The molecule has 3 N–H and O–H groups in total. The van der Waals surface area contributed by atoms with Crippen LogP contribution in [0.3, 0.4) is 0 Å². The molecule has 15 heteroatoms. The third kappa shape index (κ3) is 7.79. The monoisotopic (exact) mass is 633 g/mol. The smallest absolute Gasteiger partial charge is 0.459 e. The number of aromatic nitrogens is 3. The van der Waals surface area contributed by atoms with Gasteiger partial charge >= 0.3 is 19.8 Å².